The van der Waals surface area contributed by atoms with Crippen molar-refractivity contribution >= 4 is 11.9 Å². The Kier molecular flexibility index (Phi) is 31.8. The van der Waals surface area contributed by atoms with E-state index in [1.54, 1.807) is 0 Å². The number of unbranched alkanes of at least 4 members (excludes halogenated alkanes) is 18. The van der Waals surface area contributed by atoms with Crippen molar-refractivity contribution < 1.29 is 24.2 Å². The molecule has 0 aromatic heterocycles. The van der Waals surface area contributed by atoms with E-state index in [9.17, 15) is 14.7 Å². The van der Waals surface area contributed by atoms with E-state index in [0.29, 0.717) is 12.8 Å². The minimum atomic E-state index is -1.12. The lowest BCUT2D eigenvalue weighted by Crippen LogP contribution is -2.51. The van der Waals surface area contributed by atoms with Crippen LogP contribution < -0.4 is 22.1 Å². The summed E-state index contributed by atoms with van der Waals surface area (Å²) in [7, 11) is 0. The normalized spacial score (nSPS) is 15.0. The molecule has 0 spiro atoms. The number of carbonyl (C=O) groups excluding carboxylic acids is 1. The van der Waals surface area contributed by atoms with Gasteiger partial charge in [0.15, 0.2) is 0 Å². The van der Waals surface area contributed by atoms with E-state index in [4.69, 9.17) is 20.9 Å². The predicted octanol–water partition coefficient (Wildman–Crippen LogP) is 9.09. The number of nitrogens with two attached hydrogens (primary N) is 2. The predicted molar refractivity (Wildman–Crippen MR) is 205 cm³/mol. The van der Waals surface area contributed by atoms with Crippen molar-refractivity contribution in [2.24, 2.45) is 11.5 Å². The number of ether oxygens (including phenoxy) is 2. The Morgan fingerprint density at radius 1 is 0.571 bits per heavy atom. The summed E-state index contributed by atoms with van der Waals surface area (Å²) in [6, 6.07) is -1.34. The average molecular weight is 699 g/mol. The first-order valence-electron chi connectivity index (χ1n) is 20.6. The van der Waals surface area contributed by atoms with Crippen LogP contribution in [0.5, 0.6) is 0 Å². The topological polar surface area (TPSA) is 149 Å². The Labute approximate surface area is 302 Å². The molecule has 292 valence electrons. The van der Waals surface area contributed by atoms with E-state index in [1.165, 1.54) is 109 Å². The highest BCUT2D eigenvalue weighted by Gasteiger charge is 2.28. The number of hydrogen-bond acceptors (Lipinski definition) is 7. The quantitative estimate of drug-likeness (QED) is 0.0321. The van der Waals surface area contributed by atoms with Crippen LogP contribution in [0, 0.1) is 0 Å². The zero-order valence-corrected chi connectivity index (χ0v) is 33.0. The van der Waals surface area contributed by atoms with Gasteiger partial charge in [0.1, 0.15) is 18.5 Å². The molecule has 0 bridgehead atoms. The molecule has 0 saturated carbocycles. The van der Waals surface area contributed by atoms with Crippen molar-refractivity contribution in [3.63, 3.8) is 0 Å². The average Bonchev–Trinajstić information content (AvgIpc) is 3.01. The first-order chi connectivity index (χ1) is 23.5. The molecule has 9 nitrogen and oxygen atoms in total. The van der Waals surface area contributed by atoms with Crippen LogP contribution in [-0.4, -0.2) is 59.8 Å². The van der Waals surface area contributed by atoms with Crippen LogP contribution in [0.4, 0.5) is 0 Å². The van der Waals surface area contributed by atoms with Gasteiger partial charge in [-0.05, 0) is 40.5 Å². The largest absolute Gasteiger partial charge is 0.480 e. The number of hydrogen-bond donors (Lipinski definition) is 5. The number of aliphatic carboxylic acids is 1. The van der Waals surface area contributed by atoms with Crippen molar-refractivity contribution in [3.8, 4) is 0 Å². The fourth-order valence-electron chi connectivity index (χ4n) is 6.41. The number of nitrogens with one attached hydrogen (secondary N) is 2. The zero-order chi connectivity index (χ0) is 36.7. The Hall–Kier alpha value is -1.26. The standard InChI is InChI=1S/C40H82N4O5/c1-7-9-11-13-15-17-19-21-23-25-27-34(41)29-38(48-32(3)4)43-36(40(46)47)31-37(45)44-39(49-33(5)6)30-35(42)28-26-24-22-20-18-16-14-12-10-8-2/h32-36,38-39,43H,7-31,41-42H2,1-6H3,(H,44,45)(H,46,47)/t34?,35?,36-,38?,39?/m0/s1. The van der Waals surface area contributed by atoms with Gasteiger partial charge in [-0.15, -0.1) is 0 Å². The molecule has 0 saturated heterocycles. The van der Waals surface area contributed by atoms with Gasteiger partial charge in [-0.2, -0.15) is 0 Å². The van der Waals surface area contributed by atoms with E-state index in [1.807, 2.05) is 27.7 Å². The second-order valence-corrected chi connectivity index (χ2v) is 15.1. The summed E-state index contributed by atoms with van der Waals surface area (Å²) in [6.45, 7) is 12.2. The van der Waals surface area contributed by atoms with Gasteiger partial charge in [-0.1, -0.05) is 142 Å². The Balaban J connectivity index is 4.71. The molecule has 7 N–H and O–H groups in total. The highest BCUT2D eigenvalue weighted by molar-refractivity contribution is 5.84. The number of carboxylic acids is 1. The lowest BCUT2D eigenvalue weighted by atomic mass is 10.0. The lowest BCUT2D eigenvalue weighted by molar-refractivity contribution is -0.144. The van der Waals surface area contributed by atoms with Crippen LogP contribution in [0.1, 0.15) is 202 Å². The summed E-state index contributed by atoms with van der Waals surface area (Å²) in [5, 5.41) is 16.0. The number of carboxylic acid groups (broad SMARTS) is 1. The molecule has 1 amide bonds. The molecule has 0 radical (unpaired) electrons. The van der Waals surface area contributed by atoms with Gasteiger partial charge < -0.3 is 31.4 Å². The lowest BCUT2D eigenvalue weighted by Gasteiger charge is -2.28. The summed E-state index contributed by atoms with van der Waals surface area (Å²) in [5.74, 6) is -1.50. The van der Waals surface area contributed by atoms with Crippen molar-refractivity contribution in [2.75, 3.05) is 0 Å². The molecule has 49 heavy (non-hydrogen) atoms. The first-order valence-corrected chi connectivity index (χ1v) is 20.6. The van der Waals surface area contributed by atoms with Gasteiger partial charge >= 0.3 is 5.97 Å². The van der Waals surface area contributed by atoms with Crippen molar-refractivity contribution in [1.82, 2.24) is 10.6 Å². The third kappa shape index (κ3) is 31.2. The van der Waals surface area contributed by atoms with Crippen LogP contribution in [0.25, 0.3) is 0 Å². The third-order valence-corrected chi connectivity index (χ3v) is 9.16. The fourth-order valence-corrected chi connectivity index (χ4v) is 6.41. The molecule has 9 heteroatoms. The molecule has 0 aliphatic rings. The van der Waals surface area contributed by atoms with Crippen LogP contribution in [-0.2, 0) is 19.1 Å². The maximum Gasteiger partial charge on any atom is 0.321 e. The Morgan fingerprint density at radius 3 is 1.29 bits per heavy atom. The van der Waals surface area contributed by atoms with Crippen LogP contribution >= 0.6 is 0 Å². The minimum absolute atomic E-state index is 0.104. The smallest absolute Gasteiger partial charge is 0.321 e. The van der Waals surface area contributed by atoms with Gasteiger partial charge in [-0.25, -0.2) is 0 Å². The summed E-state index contributed by atoms with van der Waals surface area (Å²) >= 11 is 0. The first kappa shape index (κ1) is 47.7. The Morgan fingerprint density at radius 2 is 0.918 bits per heavy atom. The van der Waals surface area contributed by atoms with Crippen LogP contribution in [0.2, 0.25) is 0 Å². The maximum absolute atomic E-state index is 13.1. The van der Waals surface area contributed by atoms with Gasteiger partial charge in [0.25, 0.3) is 0 Å². The van der Waals surface area contributed by atoms with Crippen molar-refractivity contribution in [1.29, 1.82) is 0 Å². The molecule has 0 fully saturated rings. The summed E-state index contributed by atoms with van der Waals surface area (Å²) in [4.78, 5) is 25.4. The van der Waals surface area contributed by atoms with Crippen LogP contribution in [0.15, 0.2) is 0 Å². The monoisotopic (exact) mass is 699 g/mol. The SMILES string of the molecule is CCCCCCCCCCCCC(N)CC(NC(=O)C[C@H](NC(CC(N)CCCCCCCCCCCC)OC(C)C)C(=O)O)OC(C)C. The Bertz CT molecular complexity index is 769. The van der Waals surface area contributed by atoms with E-state index in [0.717, 1.165) is 32.1 Å². The van der Waals surface area contributed by atoms with Gasteiger partial charge in [0.2, 0.25) is 5.91 Å². The highest BCUT2D eigenvalue weighted by atomic mass is 16.5. The van der Waals surface area contributed by atoms with Gasteiger partial charge in [0.05, 0.1) is 18.6 Å². The summed E-state index contributed by atoms with van der Waals surface area (Å²) in [6.07, 6.45) is 26.5. The zero-order valence-electron chi connectivity index (χ0n) is 33.0. The molecular weight excluding hydrogens is 616 g/mol. The highest BCUT2D eigenvalue weighted by Crippen LogP contribution is 2.16. The molecule has 0 aliphatic carbocycles. The molecule has 0 aromatic rings. The molecule has 0 heterocycles. The fraction of sp³-hybridized carbons (Fsp3) is 0.950. The van der Waals surface area contributed by atoms with E-state index < -0.39 is 30.4 Å². The van der Waals surface area contributed by atoms with E-state index in [-0.39, 0.29) is 30.7 Å². The van der Waals surface area contributed by atoms with Crippen molar-refractivity contribution in [2.45, 2.75) is 245 Å². The van der Waals surface area contributed by atoms with Gasteiger partial charge in [0, 0.05) is 24.9 Å². The van der Waals surface area contributed by atoms with Crippen LogP contribution in [0.3, 0.4) is 0 Å². The van der Waals surface area contributed by atoms with E-state index in [2.05, 4.69) is 24.5 Å². The second kappa shape index (κ2) is 32.6. The number of rotatable bonds is 36. The summed E-state index contributed by atoms with van der Waals surface area (Å²) in [5.41, 5.74) is 12.9. The third-order valence-electron chi connectivity index (χ3n) is 9.16. The summed E-state index contributed by atoms with van der Waals surface area (Å²) < 4.78 is 12.0. The number of carbonyl (C=O) groups is 2. The molecule has 5 atom stereocenters. The second-order valence-electron chi connectivity index (χ2n) is 15.1. The van der Waals surface area contributed by atoms with Gasteiger partial charge in [-0.3, -0.25) is 14.9 Å². The maximum atomic E-state index is 13.1. The number of amides is 1. The molecule has 0 aliphatic heterocycles. The van der Waals surface area contributed by atoms with Crippen molar-refractivity contribution in [3.05, 3.63) is 0 Å². The van der Waals surface area contributed by atoms with E-state index >= 15 is 0 Å². The minimum Gasteiger partial charge on any atom is -0.480 e. The molecule has 0 aromatic carbocycles. The molecule has 4 unspecified atom stereocenters. The molecule has 0 rings (SSSR count). The molecular formula is C40H82N4O5.